The third-order valence-corrected chi connectivity index (χ3v) is 5.32. The van der Waals surface area contributed by atoms with E-state index in [9.17, 15) is 13.2 Å². The van der Waals surface area contributed by atoms with E-state index >= 15 is 0 Å². The molecule has 0 aliphatic rings. The summed E-state index contributed by atoms with van der Waals surface area (Å²) >= 11 is 0. The van der Waals surface area contributed by atoms with Crippen LogP contribution in [0.15, 0.2) is 60.7 Å². The van der Waals surface area contributed by atoms with Gasteiger partial charge in [0.2, 0.25) is 15.9 Å². The SMILES string of the molecule is CS(=O)(=O)N(CCC(=O)NCCCc1ccccc1)Cc1ccccc1. The first-order chi connectivity index (χ1) is 12.4. The molecule has 5 nitrogen and oxygen atoms in total. The Hall–Kier alpha value is -2.18. The van der Waals surface area contributed by atoms with Gasteiger partial charge in [-0.3, -0.25) is 4.79 Å². The normalized spacial score (nSPS) is 11.5. The van der Waals surface area contributed by atoms with Gasteiger partial charge < -0.3 is 5.32 Å². The maximum absolute atomic E-state index is 12.0. The zero-order chi connectivity index (χ0) is 18.8. The first-order valence-electron chi connectivity index (χ1n) is 8.75. The van der Waals surface area contributed by atoms with Crippen LogP contribution in [-0.4, -0.2) is 38.0 Å². The van der Waals surface area contributed by atoms with Crippen molar-refractivity contribution in [1.82, 2.24) is 9.62 Å². The molecule has 0 saturated carbocycles. The van der Waals surface area contributed by atoms with E-state index in [4.69, 9.17) is 0 Å². The third-order valence-electron chi connectivity index (χ3n) is 4.07. The van der Waals surface area contributed by atoms with E-state index in [1.807, 2.05) is 48.5 Å². The first kappa shape index (κ1) is 20.1. The molecule has 6 heteroatoms. The summed E-state index contributed by atoms with van der Waals surface area (Å²) in [5.41, 5.74) is 2.15. The van der Waals surface area contributed by atoms with Crippen LogP contribution < -0.4 is 5.32 Å². The standard InChI is InChI=1S/C20H26N2O3S/c1-26(24,25)22(17-19-11-6-3-7-12-19)16-14-20(23)21-15-8-13-18-9-4-2-5-10-18/h2-7,9-12H,8,13-17H2,1H3,(H,21,23). The van der Waals surface area contributed by atoms with Crippen molar-refractivity contribution in [3.8, 4) is 0 Å². The van der Waals surface area contributed by atoms with Gasteiger partial charge in [0.15, 0.2) is 0 Å². The van der Waals surface area contributed by atoms with Crippen LogP contribution >= 0.6 is 0 Å². The van der Waals surface area contributed by atoms with Crippen molar-refractivity contribution < 1.29 is 13.2 Å². The zero-order valence-electron chi connectivity index (χ0n) is 15.1. The van der Waals surface area contributed by atoms with Crippen molar-refractivity contribution in [3.63, 3.8) is 0 Å². The highest BCUT2D eigenvalue weighted by Crippen LogP contribution is 2.09. The monoisotopic (exact) mass is 374 g/mol. The number of nitrogens with zero attached hydrogens (tertiary/aromatic N) is 1. The number of sulfonamides is 1. The Morgan fingerprint density at radius 3 is 2.12 bits per heavy atom. The van der Waals surface area contributed by atoms with Crippen LogP contribution in [0.4, 0.5) is 0 Å². The van der Waals surface area contributed by atoms with Gasteiger partial charge in [-0.2, -0.15) is 4.31 Å². The molecule has 0 spiro atoms. The molecule has 2 aromatic rings. The van der Waals surface area contributed by atoms with E-state index in [2.05, 4.69) is 17.4 Å². The number of hydrogen-bond acceptors (Lipinski definition) is 3. The summed E-state index contributed by atoms with van der Waals surface area (Å²) < 4.78 is 25.3. The number of carbonyl (C=O) groups excluding carboxylic acids is 1. The average molecular weight is 375 g/mol. The molecule has 0 bridgehead atoms. The lowest BCUT2D eigenvalue weighted by Gasteiger charge is -2.19. The molecule has 0 radical (unpaired) electrons. The number of benzene rings is 2. The minimum absolute atomic E-state index is 0.125. The molecule has 0 saturated heterocycles. The second-order valence-corrected chi connectivity index (χ2v) is 8.25. The van der Waals surface area contributed by atoms with E-state index < -0.39 is 10.0 Å². The number of aryl methyl sites for hydroxylation is 1. The number of carbonyl (C=O) groups is 1. The molecule has 0 heterocycles. The fourth-order valence-corrected chi connectivity index (χ4v) is 3.44. The molecule has 140 valence electrons. The van der Waals surface area contributed by atoms with Crippen LogP contribution in [0, 0.1) is 0 Å². The number of hydrogen-bond donors (Lipinski definition) is 1. The van der Waals surface area contributed by atoms with E-state index in [0.29, 0.717) is 6.54 Å². The van der Waals surface area contributed by atoms with Gasteiger partial charge >= 0.3 is 0 Å². The summed E-state index contributed by atoms with van der Waals surface area (Å²) in [6.07, 6.45) is 3.10. The fraction of sp³-hybridized carbons (Fsp3) is 0.350. The minimum atomic E-state index is -3.37. The lowest BCUT2D eigenvalue weighted by Crippen LogP contribution is -2.34. The Morgan fingerprint density at radius 2 is 1.54 bits per heavy atom. The van der Waals surface area contributed by atoms with Crippen LogP contribution in [0.1, 0.15) is 24.0 Å². The summed E-state index contributed by atoms with van der Waals surface area (Å²) in [5.74, 6) is -0.125. The topological polar surface area (TPSA) is 66.5 Å². The molecule has 0 fully saturated rings. The molecule has 0 aromatic heterocycles. The second kappa shape index (κ2) is 10.1. The van der Waals surface area contributed by atoms with Gasteiger partial charge in [-0.25, -0.2) is 8.42 Å². The lowest BCUT2D eigenvalue weighted by molar-refractivity contribution is -0.121. The van der Waals surface area contributed by atoms with E-state index in [1.165, 1.54) is 16.1 Å². The predicted molar refractivity (Wildman–Crippen MR) is 104 cm³/mol. The van der Waals surface area contributed by atoms with E-state index in [-0.39, 0.29) is 25.4 Å². The van der Waals surface area contributed by atoms with Crippen molar-refractivity contribution >= 4 is 15.9 Å². The van der Waals surface area contributed by atoms with Crippen LogP contribution in [0.3, 0.4) is 0 Å². The Balaban J connectivity index is 1.74. The van der Waals surface area contributed by atoms with E-state index in [1.54, 1.807) is 0 Å². The molecule has 0 atom stereocenters. The highest BCUT2D eigenvalue weighted by atomic mass is 32.2. The van der Waals surface area contributed by atoms with Gasteiger partial charge in [-0.15, -0.1) is 0 Å². The zero-order valence-corrected chi connectivity index (χ0v) is 15.9. The summed E-state index contributed by atoms with van der Waals surface area (Å²) in [4.78, 5) is 12.0. The van der Waals surface area contributed by atoms with Crippen LogP contribution in [0.5, 0.6) is 0 Å². The Morgan fingerprint density at radius 1 is 0.962 bits per heavy atom. The molecular weight excluding hydrogens is 348 g/mol. The smallest absolute Gasteiger partial charge is 0.221 e. The average Bonchev–Trinajstić information content (AvgIpc) is 2.63. The minimum Gasteiger partial charge on any atom is -0.356 e. The van der Waals surface area contributed by atoms with Gasteiger partial charge in [0.1, 0.15) is 0 Å². The maximum atomic E-state index is 12.0. The third kappa shape index (κ3) is 7.37. The Bertz CT molecular complexity index is 777. The maximum Gasteiger partial charge on any atom is 0.221 e. The van der Waals surface area contributed by atoms with Crippen LogP contribution in [0.25, 0.3) is 0 Å². The van der Waals surface area contributed by atoms with Gasteiger partial charge in [0, 0.05) is 26.1 Å². The molecule has 0 aliphatic heterocycles. The van der Waals surface area contributed by atoms with Gasteiger partial charge in [-0.05, 0) is 24.0 Å². The lowest BCUT2D eigenvalue weighted by atomic mass is 10.1. The van der Waals surface area contributed by atoms with Crippen molar-refractivity contribution in [2.45, 2.75) is 25.8 Å². The largest absolute Gasteiger partial charge is 0.356 e. The Labute approximate surface area is 156 Å². The molecule has 2 rings (SSSR count). The summed E-state index contributed by atoms with van der Waals surface area (Å²) in [6.45, 7) is 1.05. The van der Waals surface area contributed by atoms with Gasteiger partial charge in [0.05, 0.1) is 6.26 Å². The molecular formula is C20H26N2O3S. The van der Waals surface area contributed by atoms with Crippen molar-refractivity contribution in [2.75, 3.05) is 19.3 Å². The van der Waals surface area contributed by atoms with Crippen LogP contribution in [-0.2, 0) is 27.8 Å². The summed E-state index contributed by atoms with van der Waals surface area (Å²) in [7, 11) is -3.37. The fourth-order valence-electron chi connectivity index (χ4n) is 2.63. The van der Waals surface area contributed by atoms with Gasteiger partial charge in [0.25, 0.3) is 0 Å². The summed E-state index contributed by atoms with van der Waals surface area (Å²) in [5, 5.41) is 2.86. The Kier molecular flexibility index (Phi) is 7.81. The molecule has 0 aliphatic carbocycles. The summed E-state index contributed by atoms with van der Waals surface area (Å²) in [6, 6.07) is 19.5. The highest BCUT2D eigenvalue weighted by molar-refractivity contribution is 7.88. The number of rotatable bonds is 10. The van der Waals surface area contributed by atoms with Crippen molar-refractivity contribution in [1.29, 1.82) is 0 Å². The second-order valence-electron chi connectivity index (χ2n) is 6.27. The molecule has 26 heavy (non-hydrogen) atoms. The van der Waals surface area contributed by atoms with Crippen molar-refractivity contribution in [2.24, 2.45) is 0 Å². The first-order valence-corrected chi connectivity index (χ1v) is 10.6. The number of nitrogens with one attached hydrogen (secondary N) is 1. The molecule has 0 unspecified atom stereocenters. The van der Waals surface area contributed by atoms with Gasteiger partial charge in [-0.1, -0.05) is 60.7 Å². The number of amides is 1. The van der Waals surface area contributed by atoms with Crippen molar-refractivity contribution in [3.05, 3.63) is 71.8 Å². The molecule has 1 N–H and O–H groups in total. The molecule has 1 amide bonds. The predicted octanol–water partition coefficient (Wildman–Crippen LogP) is 2.59. The highest BCUT2D eigenvalue weighted by Gasteiger charge is 2.18. The van der Waals surface area contributed by atoms with Crippen LogP contribution in [0.2, 0.25) is 0 Å². The van der Waals surface area contributed by atoms with E-state index in [0.717, 1.165) is 18.4 Å². The molecule has 2 aromatic carbocycles. The quantitative estimate of drug-likeness (QED) is 0.650.